The normalized spacial score (nSPS) is 12.3. The Labute approximate surface area is 157 Å². The number of anilines is 2. The van der Waals surface area contributed by atoms with Gasteiger partial charge in [0.05, 0.1) is 12.7 Å². The standard InChI is InChI=1S/C20H21N3O4/c1-13(24)23-9-8-15-10-14(6-7-18(15)23)12-21-20(26)22-17-5-3-4-16(11-17)19(25)27-2/h3-7,10-11H,8-9,12H2,1-2H3,(H2,21,22,26). The van der Waals surface area contributed by atoms with Gasteiger partial charge >= 0.3 is 12.0 Å². The van der Waals surface area contributed by atoms with Crippen molar-refractivity contribution in [2.75, 3.05) is 23.9 Å². The molecule has 0 saturated heterocycles. The molecule has 3 amide bonds. The molecule has 0 aliphatic carbocycles. The average molecular weight is 367 g/mol. The van der Waals surface area contributed by atoms with E-state index >= 15 is 0 Å². The smallest absolute Gasteiger partial charge is 0.337 e. The molecule has 2 aromatic rings. The fourth-order valence-corrected chi connectivity index (χ4v) is 3.09. The summed E-state index contributed by atoms with van der Waals surface area (Å²) in [5.74, 6) is -0.426. The molecule has 3 rings (SSSR count). The van der Waals surface area contributed by atoms with Crippen LogP contribution in [0.1, 0.15) is 28.4 Å². The summed E-state index contributed by atoms with van der Waals surface area (Å²) in [6, 6.07) is 12.0. The van der Waals surface area contributed by atoms with E-state index in [0.29, 0.717) is 24.3 Å². The zero-order valence-corrected chi connectivity index (χ0v) is 15.2. The van der Waals surface area contributed by atoms with Crippen LogP contribution in [-0.2, 0) is 22.5 Å². The van der Waals surface area contributed by atoms with Gasteiger partial charge < -0.3 is 20.3 Å². The molecule has 7 nitrogen and oxygen atoms in total. The third-order valence-electron chi connectivity index (χ3n) is 4.41. The first-order valence-electron chi connectivity index (χ1n) is 8.61. The number of esters is 1. The number of amides is 3. The molecule has 1 heterocycles. The van der Waals surface area contributed by atoms with Gasteiger partial charge in [-0.25, -0.2) is 9.59 Å². The number of nitrogens with one attached hydrogen (secondary N) is 2. The predicted octanol–water partition coefficient (Wildman–Crippen LogP) is 2.70. The summed E-state index contributed by atoms with van der Waals surface area (Å²) in [5, 5.41) is 5.48. The van der Waals surface area contributed by atoms with Gasteiger partial charge in [0, 0.05) is 31.4 Å². The van der Waals surface area contributed by atoms with Crippen LogP contribution < -0.4 is 15.5 Å². The molecular weight excluding hydrogens is 346 g/mol. The van der Waals surface area contributed by atoms with Gasteiger partial charge in [-0.05, 0) is 41.8 Å². The second kappa shape index (κ2) is 7.90. The maximum atomic E-state index is 12.1. The first-order chi connectivity index (χ1) is 13.0. The van der Waals surface area contributed by atoms with Crippen molar-refractivity contribution in [3.05, 3.63) is 59.2 Å². The van der Waals surface area contributed by atoms with Gasteiger partial charge in [0.25, 0.3) is 0 Å². The molecule has 0 unspecified atom stereocenters. The van der Waals surface area contributed by atoms with Gasteiger partial charge in [0.1, 0.15) is 0 Å². The molecule has 7 heteroatoms. The largest absolute Gasteiger partial charge is 0.465 e. The lowest BCUT2D eigenvalue weighted by Crippen LogP contribution is -2.28. The minimum Gasteiger partial charge on any atom is -0.465 e. The Morgan fingerprint density at radius 2 is 1.96 bits per heavy atom. The molecule has 2 aromatic carbocycles. The van der Waals surface area contributed by atoms with Crippen LogP contribution in [0.5, 0.6) is 0 Å². The summed E-state index contributed by atoms with van der Waals surface area (Å²) in [6.45, 7) is 2.61. The Kier molecular flexibility index (Phi) is 5.40. The number of carbonyl (C=O) groups excluding carboxylic acids is 3. The van der Waals surface area contributed by atoms with Crippen molar-refractivity contribution < 1.29 is 19.1 Å². The SMILES string of the molecule is COC(=O)c1cccc(NC(=O)NCc2ccc3c(c2)CCN3C(C)=O)c1. The summed E-state index contributed by atoms with van der Waals surface area (Å²) in [6.07, 6.45) is 0.815. The van der Waals surface area contributed by atoms with E-state index in [1.54, 1.807) is 36.1 Å². The fourth-order valence-electron chi connectivity index (χ4n) is 3.09. The number of ether oxygens (including phenoxy) is 1. The van der Waals surface area contributed by atoms with Crippen LogP contribution in [-0.4, -0.2) is 31.6 Å². The predicted molar refractivity (Wildman–Crippen MR) is 102 cm³/mol. The minimum absolute atomic E-state index is 0.0354. The molecule has 1 aliphatic heterocycles. The van der Waals surface area contributed by atoms with E-state index in [-0.39, 0.29) is 11.9 Å². The number of carbonyl (C=O) groups is 3. The van der Waals surface area contributed by atoms with E-state index in [4.69, 9.17) is 0 Å². The lowest BCUT2D eigenvalue weighted by atomic mass is 10.1. The van der Waals surface area contributed by atoms with Crippen LogP contribution in [0, 0.1) is 0 Å². The van der Waals surface area contributed by atoms with E-state index in [1.165, 1.54) is 7.11 Å². The molecule has 140 valence electrons. The van der Waals surface area contributed by atoms with E-state index in [9.17, 15) is 14.4 Å². The third kappa shape index (κ3) is 4.25. The molecule has 27 heavy (non-hydrogen) atoms. The lowest BCUT2D eigenvalue weighted by Gasteiger charge is -2.15. The van der Waals surface area contributed by atoms with Crippen molar-refractivity contribution in [3.63, 3.8) is 0 Å². The van der Waals surface area contributed by atoms with E-state index in [2.05, 4.69) is 15.4 Å². The zero-order chi connectivity index (χ0) is 19.4. The molecule has 0 spiro atoms. The van der Waals surface area contributed by atoms with Gasteiger partial charge in [-0.1, -0.05) is 18.2 Å². The first-order valence-corrected chi connectivity index (χ1v) is 8.61. The fraction of sp³-hybridized carbons (Fsp3) is 0.250. The van der Waals surface area contributed by atoms with Crippen molar-refractivity contribution in [3.8, 4) is 0 Å². The minimum atomic E-state index is -0.461. The van der Waals surface area contributed by atoms with E-state index in [0.717, 1.165) is 23.2 Å². The summed E-state index contributed by atoms with van der Waals surface area (Å²) < 4.78 is 4.67. The highest BCUT2D eigenvalue weighted by atomic mass is 16.5. The highest BCUT2D eigenvalue weighted by Gasteiger charge is 2.22. The molecule has 0 saturated carbocycles. The number of hydrogen-bond acceptors (Lipinski definition) is 4. The topological polar surface area (TPSA) is 87.7 Å². The molecule has 0 fully saturated rings. The Morgan fingerprint density at radius 3 is 2.70 bits per heavy atom. The van der Waals surface area contributed by atoms with Gasteiger partial charge in [-0.2, -0.15) is 0 Å². The molecule has 2 N–H and O–H groups in total. The number of nitrogens with zero attached hydrogens (tertiary/aromatic N) is 1. The Morgan fingerprint density at radius 1 is 1.15 bits per heavy atom. The van der Waals surface area contributed by atoms with Crippen molar-refractivity contribution in [1.29, 1.82) is 0 Å². The second-order valence-corrected chi connectivity index (χ2v) is 6.26. The van der Waals surface area contributed by atoms with Gasteiger partial charge in [-0.3, -0.25) is 4.79 Å². The zero-order valence-electron chi connectivity index (χ0n) is 15.2. The Bertz CT molecular complexity index is 895. The monoisotopic (exact) mass is 367 g/mol. The van der Waals surface area contributed by atoms with Gasteiger partial charge in [-0.15, -0.1) is 0 Å². The number of benzene rings is 2. The maximum Gasteiger partial charge on any atom is 0.337 e. The van der Waals surface area contributed by atoms with Gasteiger partial charge in [0.2, 0.25) is 5.91 Å². The van der Waals surface area contributed by atoms with E-state index < -0.39 is 5.97 Å². The summed E-state index contributed by atoms with van der Waals surface area (Å²) in [7, 11) is 1.31. The van der Waals surface area contributed by atoms with Crippen molar-refractivity contribution in [2.45, 2.75) is 19.9 Å². The number of methoxy groups -OCH3 is 1. The maximum absolute atomic E-state index is 12.1. The summed E-state index contributed by atoms with van der Waals surface area (Å²) in [4.78, 5) is 37.0. The molecule has 1 aliphatic rings. The molecule has 0 radical (unpaired) electrons. The van der Waals surface area contributed by atoms with E-state index in [1.807, 2.05) is 18.2 Å². The Hall–Kier alpha value is -3.35. The lowest BCUT2D eigenvalue weighted by molar-refractivity contribution is -0.116. The highest BCUT2D eigenvalue weighted by Crippen LogP contribution is 2.28. The van der Waals surface area contributed by atoms with Crippen LogP contribution in [0.2, 0.25) is 0 Å². The average Bonchev–Trinajstić information content (AvgIpc) is 3.09. The summed E-state index contributed by atoms with van der Waals surface area (Å²) in [5.41, 5.74) is 3.87. The van der Waals surface area contributed by atoms with Crippen molar-refractivity contribution >= 4 is 29.3 Å². The van der Waals surface area contributed by atoms with Gasteiger partial charge in [0.15, 0.2) is 0 Å². The number of fused-ring (bicyclic) bond motifs is 1. The second-order valence-electron chi connectivity index (χ2n) is 6.26. The van der Waals surface area contributed by atoms with Crippen LogP contribution in [0.4, 0.5) is 16.2 Å². The van der Waals surface area contributed by atoms with Crippen LogP contribution in [0.3, 0.4) is 0 Å². The molecule has 0 atom stereocenters. The molecular formula is C20H21N3O4. The highest BCUT2D eigenvalue weighted by molar-refractivity contribution is 5.94. The quantitative estimate of drug-likeness (QED) is 0.814. The van der Waals surface area contributed by atoms with Crippen LogP contribution in [0.15, 0.2) is 42.5 Å². The summed E-state index contributed by atoms with van der Waals surface area (Å²) >= 11 is 0. The van der Waals surface area contributed by atoms with Crippen molar-refractivity contribution in [2.24, 2.45) is 0 Å². The van der Waals surface area contributed by atoms with Crippen LogP contribution in [0.25, 0.3) is 0 Å². The molecule has 0 bridgehead atoms. The number of urea groups is 1. The number of rotatable bonds is 4. The Balaban J connectivity index is 1.59. The number of hydrogen-bond donors (Lipinski definition) is 2. The van der Waals surface area contributed by atoms with Crippen molar-refractivity contribution in [1.82, 2.24) is 5.32 Å². The van der Waals surface area contributed by atoms with Crippen LogP contribution >= 0.6 is 0 Å². The third-order valence-corrected chi connectivity index (χ3v) is 4.41. The molecule has 0 aromatic heterocycles. The first kappa shape index (κ1) is 18.4.